The molecule has 4 heteroatoms. The Morgan fingerprint density at radius 1 is 0.952 bits per heavy atom. The molecule has 2 rings (SSSR count). The fraction of sp³-hybridized carbons (Fsp3) is 0.294. The zero-order valence-electron chi connectivity index (χ0n) is 12.3. The number of hydrogen-bond donors (Lipinski definition) is 1. The number of benzene rings is 2. The maximum atomic E-state index is 9.75. The molecule has 0 aromatic heterocycles. The molecule has 0 bridgehead atoms. The van der Waals surface area contributed by atoms with Gasteiger partial charge in [-0.15, -0.1) is 0 Å². The molecule has 1 atom stereocenters. The molecule has 0 unspecified atom stereocenters. The predicted octanol–water partition coefficient (Wildman–Crippen LogP) is 3.21. The van der Waals surface area contributed by atoms with Crippen LogP contribution < -0.4 is 14.2 Å². The predicted molar refractivity (Wildman–Crippen MR) is 81.1 cm³/mol. The first-order chi connectivity index (χ1) is 10.2. The van der Waals surface area contributed by atoms with E-state index >= 15 is 0 Å². The van der Waals surface area contributed by atoms with Crippen molar-refractivity contribution in [1.82, 2.24) is 0 Å². The van der Waals surface area contributed by atoms with Gasteiger partial charge in [-0.2, -0.15) is 0 Å². The standard InChI is InChI=1S/C17H20O4/c1-13(18)16-9-8-15(19-2)12-17(16)21-11-10-20-14-6-4-3-5-7-14/h3-9,12-13,18H,10-11H2,1-2H3/t13-/m1/s1. The lowest BCUT2D eigenvalue weighted by Crippen LogP contribution is -2.10. The van der Waals surface area contributed by atoms with Gasteiger partial charge in [0.05, 0.1) is 13.2 Å². The van der Waals surface area contributed by atoms with Crippen molar-refractivity contribution in [1.29, 1.82) is 0 Å². The minimum absolute atomic E-state index is 0.391. The highest BCUT2D eigenvalue weighted by molar-refractivity contribution is 5.41. The molecular weight excluding hydrogens is 268 g/mol. The summed E-state index contributed by atoms with van der Waals surface area (Å²) < 4.78 is 16.4. The van der Waals surface area contributed by atoms with Crippen LogP contribution >= 0.6 is 0 Å². The summed E-state index contributed by atoms with van der Waals surface area (Å²) in [5.41, 5.74) is 0.732. The maximum absolute atomic E-state index is 9.75. The molecule has 0 aliphatic rings. The van der Waals surface area contributed by atoms with E-state index in [2.05, 4.69) is 0 Å². The number of aliphatic hydroxyl groups is 1. The lowest BCUT2D eigenvalue weighted by atomic mass is 10.1. The summed E-state index contributed by atoms with van der Waals surface area (Å²) in [6.45, 7) is 2.53. The summed E-state index contributed by atoms with van der Waals surface area (Å²) in [5.74, 6) is 2.11. The van der Waals surface area contributed by atoms with Crippen LogP contribution in [0.15, 0.2) is 48.5 Å². The van der Waals surface area contributed by atoms with Crippen LogP contribution in [0.5, 0.6) is 17.2 Å². The monoisotopic (exact) mass is 288 g/mol. The number of aliphatic hydroxyl groups excluding tert-OH is 1. The van der Waals surface area contributed by atoms with Crippen molar-refractivity contribution in [2.75, 3.05) is 20.3 Å². The topological polar surface area (TPSA) is 47.9 Å². The quantitative estimate of drug-likeness (QED) is 0.795. The Morgan fingerprint density at radius 3 is 2.33 bits per heavy atom. The Bertz CT molecular complexity index is 552. The van der Waals surface area contributed by atoms with E-state index < -0.39 is 6.10 Å². The fourth-order valence-electron chi connectivity index (χ4n) is 1.94. The molecule has 0 spiro atoms. The Kier molecular flexibility index (Phi) is 5.46. The minimum atomic E-state index is -0.596. The molecule has 0 saturated heterocycles. The molecule has 2 aromatic rings. The highest BCUT2D eigenvalue weighted by atomic mass is 16.5. The average Bonchev–Trinajstić information content (AvgIpc) is 2.52. The zero-order valence-corrected chi connectivity index (χ0v) is 12.3. The first kappa shape index (κ1) is 15.2. The first-order valence-electron chi connectivity index (χ1n) is 6.87. The fourth-order valence-corrected chi connectivity index (χ4v) is 1.94. The molecule has 0 aliphatic carbocycles. The molecule has 2 aromatic carbocycles. The van der Waals surface area contributed by atoms with Crippen LogP contribution in [0.1, 0.15) is 18.6 Å². The maximum Gasteiger partial charge on any atom is 0.128 e. The summed E-state index contributed by atoms with van der Waals surface area (Å²) in [4.78, 5) is 0. The van der Waals surface area contributed by atoms with Gasteiger partial charge in [-0.05, 0) is 31.2 Å². The van der Waals surface area contributed by atoms with Gasteiger partial charge in [0.1, 0.15) is 30.5 Å². The van der Waals surface area contributed by atoms with Gasteiger partial charge >= 0.3 is 0 Å². The van der Waals surface area contributed by atoms with Gasteiger partial charge < -0.3 is 19.3 Å². The van der Waals surface area contributed by atoms with E-state index in [-0.39, 0.29) is 0 Å². The molecule has 21 heavy (non-hydrogen) atoms. The Balaban J connectivity index is 1.92. The van der Waals surface area contributed by atoms with Gasteiger partial charge in [-0.3, -0.25) is 0 Å². The molecule has 1 N–H and O–H groups in total. The van der Waals surface area contributed by atoms with Gasteiger partial charge in [-0.1, -0.05) is 18.2 Å². The molecule has 112 valence electrons. The van der Waals surface area contributed by atoms with Crippen molar-refractivity contribution in [3.63, 3.8) is 0 Å². The van der Waals surface area contributed by atoms with Crippen LogP contribution in [0.2, 0.25) is 0 Å². The van der Waals surface area contributed by atoms with Crippen molar-refractivity contribution >= 4 is 0 Å². The smallest absolute Gasteiger partial charge is 0.128 e. The van der Waals surface area contributed by atoms with Gasteiger partial charge in [0.25, 0.3) is 0 Å². The first-order valence-corrected chi connectivity index (χ1v) is 6.87. The Labute approximate surface area is 124 Å². The van der Waals surface area contributed by atoms with Crippen LogP contribution in [-0.2, 0) is 0 Å². The molecule has 0 aliphatic heterocycles. The highest BCUT2D eigenvalue weighted by Crippen LogP contribution is 2.29. The van der Waals surface area contributed by atoms with Crippen LogP contribution in [-0.4, -0.2) is 25.4 Å². The highest BCUT2D eigenvalue weighted by Gasteiger charge is 2.10. The lowest BCUT2D eigenvalue weighted by molar-refractivity contribution is 0.181. The molecule has 0 radical (unpaired) electrons. The van der Waals surface area contributed by atoms with Crippen molar-refractivity contribution in [3.8, 4) is 17.2 Å². The van der Waals surface area contributed by atoms with Crippen molar-refractivity contribution < 1.29 is 19.3 Å². The van der Waals surface area contributed by atoms with E-state index in [1.807, 2.05) is 30.3 Å². The lowest BCUT2D eigenvalue weighted by Gasteiger charge is -2.15. The second kappa shape index (κ2) is 7.55. The molecule has 0 fully saturated rings. The van der Waals surface area contributed by atoms with Crippen molar-refractivity contribution in [2.45, 2.75) is 13.0 Å². The van der Waals surface area contributed by atoms with Gasteiger partial charge in [-0.25, -0.2) is 0 Å². The van der Waals surface area contributed by atoms with Crippen LogP contribution in [0.25, 0.3) is 0 Å². The number of rotatable bonds is 7. The van der Waals surface area contributed by atoms with Crippen molar-refractivity contribution in [3.05, 3.63) is 54.1 Å². The number of hydrogen-bond acceptors (Lipinski definition) is 4. The van der Waals surface area contributed by atoms with Crippen molar-refractivity contribution in [2.24, 2.45) is 0 Å². The summed E-state index contributed by atoms with van der Waals surface area (Å²) in [6, 6.07) is 14.9. The number of para-hydroxylation sites is 1. The second-order valence-corrected chi connectivity index (χ2v) is 4.59. The van der Waals surface area contributed by atoms with E-state index in [0.29, 0.717) is 24.7 Å². The number of methoxy groups -OCH3 is 1. The molecule has 0 saturated carbocycles. The third kappa shape index (κ3) is 4.39. The van der Waals surface area contributed by atoms with Gasteiger partial charge in [0.2, 0.25) is 0 Å². The third-order valence-corrected chi connectivity index (χ3v) is 3.02. The summed E-state index contributed by atoms with van der Waals surface area (Å²) in [7, 11) is 1.60. The Morgan fingerprint density at radius 2 is 1.67 bits per heavy atom. The van der Waals surface area contributed by atoms with Crippen LogP contribution in [0.4, 0.5) is 0 Å². The van der Waals surface area contributed by atoms with E-state index in [4.69, 9.17) is 14.2 Å². The number of ether oxygens (including phenoxy) is 3. The molecule has 0 heterocycles. The molecular formula is C17H20O4. The summed E-state index contributed by atoms with van der Waals surface area (Å²) in [5, 5.41) is 9.75. The van der Waals surface area contributed by atoms with Gasteiger partial charge in [0, 0.05) is 11.6 Å². The Hall–Kier alpha value is -2.20. The average molecular weight is 288 g/mol. The minimum Gasteiger partial charge on any atom is -0.497 e. The third-order valence-electron chi connectivity index (χ3n) is 3.02. The molecule has 0 amide bonds. The summed E-state index contributed by atoms with van der Waals surface area (Å²) >= 11 is 0. The van der Waals surface area contributed by atoms with E-state index in [1.165, 1.54) is 0 Å². The summed E-state index contributed by atoms with van der Waals surface area (Å²) in [6.07, 6.45) is -0.596. The van der Waals surface area contributed by atoms with Crippen LogP contribution in [0.3, 0.4) is 0 Å². The van der Waals surface area contributed by atoms with E-state index in [9.17, 15) is 5.11 Å². The normalized spacial score (nSPS) is 11.8. The largest absolute Gasteiger partial charge is 0.497 e. The van der Waals surface area contributed by atoms with E-state index in [1.54, 1.807) is 32.2 Å². The molecule has 4 nitrogen and oxygen atoms in total. The zero-order chi connectivity index (χ0) is 15.1. The van der Waals surface area contributed by atoms with Crippen LogP contribution in [0, 0.1) is 0 Å². The van der Waals surface area contributed by atoms with E-state index in [0.717, 1.165) is 11.3 Å². The van der Waals surface area contributed by atoms with Gasteiger partial charge in [0.15, 0.2) is 0 Å². The SMILES string of the molecule is COc1ccc([C@@H](C)O)c(OCCOc2ccccc2)c1. The second-order valence-electron chi connectivity index (χ2n) is 4.59.